The van der Waals surface area contributed by atoms with Gasteiger partial charge in [0.2, 0.25) is 0 Å². The molecule has 0 amide bonds. The largest absolute Gasteiger partial charge is 0.371 e. The first kappa shape index (κ1) is 13.3. The molecule has 0 spiro atoms. The van der Waals surface area contributed by atoms with Gasteiger partial charge < -0.3 is 10.2 Å². The van der Waals surface area contributed by atoms with E-state index in [1.54, 1.807) is 12.1 Å². The molecule has 0 aliphatic rings. The van der Waals surface area contributed by atoms with Gasteiger partial charge in [0, 0.05) is 31.2 Å². The summed E-state index contributed by atoms with van der Waals surface area (Å²) in [4.78, 5) is 1.86. The maximum absolute atomic E-state index is 13.5. The molecule has 1 N–H and O–H groups in total. The Morgan fingerprint density at radius 3 is 2.75 bits per heavy atom. The summed E-state index contributed by atoms with van der Waals surface area (Å²) in [6, 6.07) is 5.04. The number of nitrogens with one attached hydrogen (secondary N) is 1. The lowest BCUT2D eigenvalue weighted by molar-refractivity contribution is 0.582. The Balaban J connectivity index is 2.58. The van der Waals surface area contributed by atoms with Gasteiger partial charge in [0.15, 0.2) is 0 Å². The Bertz CT molecular complexity index is 342. The van der Waals surface area contributed by atoms with Gasteiger partial charge in [-0.1, -0.05) is 25.4 Å². The molecule has 0 fully saturated rings. The van der Waals surface area contributed by atoms with Crippen molar-refractivity contribution in [2.75, 3.05) is 25.0 Å². The monoisotopic (exact) mass is 244 g/mol. The molecule has 90 valence electrons. The number of benzene rings is 1. The molecular weight excluding hydrogens is 227 g/mol. The summed E-state index contributed by atoms with van der Waals surface area (Å²) in [5, 5.41) is 3.84. The van der Waals surface area contributed by atoms with Gasteiger partial charge in [-0.15, -0.1) is 0 Å². The zero-order valence-electron chi connectivity index (χ0n) is 9.93. The third-order valence-corrected chi connectivity index (χ3v) is 2.55. The van der Waals surface area contributed by atoms with Crippen molar-refractivity contribution in [2.24, 2.45) is 0 Å². The SMILES string of the molecule is CC(C)NCCN(C)c1cc(Cl)ccc1F. The zero-order valence-corrected chi connectivity index (χ0v) is 10.7. The van der Waals surface area contributed by atoms with Crippen LogP contribution in [0.15, 0.2) is 18.2 Å². The highest BCUT2D eigenvalue weighted by Gasteiger charge is 2.07. The Morgan fingerprint density at radius 2 is 2.12 bits per heavy atom. The van der Waals surface area contributed by atoms with E-state index in [4.69, 9.17) is 11.6 Å². The van der Waals surface area contributed by atoms with Crippen molar-refractivity contribution in [1.82, 2.24) is 5.32 Å². The lowest BCUT2D eigenvalue weighted by Gasteiger charge is -2.21. The van der Waals surface area contributed by atoms with Crippen molar-refractivity contribution in [3.05, 3.63) is 29.0 Å². The fraction of sp³-hybridized carbons (Fsp3) is 0.500. The lowest BCUT2D eigenvalue weighted by Crippen LogP contribution is -2.33. The number of hydrogen-bond acceptors (Lipinski definition) is 2. The molecule has 0 saturated heterocycles. The van der Waals surface area contributed by atoms with Crippen LogP contribution >= 0.6 is 11.6 Å². The van der Waals surface area contributed by atoms with Crippen LogP contribution in [-0.2, 0) is 0 Å². The third-order valence-electron chi connectivity index (χ3n) is 2.32. The van der Waals surface area contributed by atoms with E-state index < -0.39 is 0 Å². The average molecular weight is 245 g/mol. The van der Waals surface area contributed by atoms with Gasteiger partial charge in [0.1, 0.15) is 5.82 Å². The minimum atomic E-state index is -0.239. The molecule has 0 aliphatic carbocycles. The molecule has 0 aromatic heterocycles. The van der Waals surface area contributed by atoms with Gasteiger partial charge in [0.25, 0.3) is 0 Å². The quantitative estimate of drug-likeness (QED) is 0.857. The van der Waals surface area contributed by atoms with Gasteiger partial charge in [-0.3, -0.25) is 0 Å². The van der Waals surface area contributed by atoms with Crippen molar-refractivity contribution >= 4 is 17.3 Å². The van der Waals surface area contributed by atoms with Crippen LogP contribution in [0.25, 0.3) is 0 Å². The molecule has 0 heterocycles. The predicted molar refractivity (Wildman–Crippen MR) is 67.8 cm³/mol. The van der Waals surface area contributed by atoms with E-state index in [-0.39, 0.29) is 5.82 Å². The molecule has 4 heteroatoms. The van der Waals surface area contributed by atoms with Gasteiger partial charge in [-0.05, 0) is 18.2 Å². The fourth-order valence-corrected chi connectivity index (χ4v) is 1.59. The molecule has 16 heavy (non-hydrogen) atoms. The maximum Gasteiger partial charge on any atom is 0.146 e. The molecule has 2 nitrogen and oxygen atoms in total. The highest BCUT2D eigenvalue weighted by atomic mass is 35.5. The van der Waals surface area contributed by atoms with E-state index in [9.17, 15) is 4.39 Å². The number of nitrogens with zero attached hydrogens (tertiary/aromatic N) is 1. The van der Waals surface area contributed by atoms with E-state index in [1.165, 1.54) is 6.07 Å². The first-order valence-corrected chi connectivity index (χ1v) is 5.78. The number of rotatable bonds is 5. The van der Waals surface area contributed by atoms with Crippen molar-refractivity contribution in [3.63, 3.8) is 0 Å². The third kappa shape index (κ3) is 3.99. The molecule has 1 rings (SSSR count). The standard InChI is InChI=1S/C12H18ClFN2/c1-9(2)15-6-7-16(3)12-8-10(13)4-5-11(12)14/h4-5,8-9,15H,6-7H2,1-3H3. The second-order valence-electron chi connectivity index (χ2n) is 4.13. The smallest absolute Gasteiger partial charge is 0.146 e. The Morgan fingerprint density at radius 1 is 1.44 bits per heavy atom. The van der Waals surface area contributed by atoms with Gasteiger partial charge >= 0.3 is 0 Å². The molecule has 0 saturated carbocycles. The van der Waals surface area contributed by atoms with Crippen molar-refractivity contribution in [2.45, 2.75) is 19.9 Å². The maximum atomic E-state index is 13.5. The minimum Gasteiger partial charge on any atom is -0.371 e. The summed E-state index contributed by atoms with van der Waals surface area (Å²) >= 11 is 5.84. The van der Waals surface area contributed by atoms with Crippen LogP contribution in [0.1, 0.15) is 13.8 Å². The Kier molecular flexibility index (Phi) is 5.03. The van der Waals surface area contributed by atoms with Crippen molar-refractivity contribution in [1.29, 1.82) is 0 Å². The minimum absolute atomic E-state index is 0.239. The first-order chi connectivity index (χ1) is 7.50. The van der Waals surface area contributed by atoms with Crippen LogP contribution in [-0.4, -0.2) is 26.2 Å². The molecule has 0 bridgehead atoms. The summed E-state index contributed by atoms with van der Waals surface area (Å²) in [6.45, 7) is 5.73. The Hall–Kier alpha value is -0.800. The summed E-state index contributed by atoms with van der Waals surface area (Å²) in [5.74, 6) is -0.239. The second-order valence-corrected chi connectivity index (χ2v) is 4.56. The molecule has 0 aliphatic heterocycles. The van der Waals surface area contributed by atoms with Gasteiger partial charge in [-0.2, -0.15) is 0 Å². The zero-order chi connectivity index (χ0) is 12.1. The van der Waals surface area contributed by atoms with E-state index in [0.29, 0.717) is 16.8 Å². The van der Waals surface area contributed by atoms with Crippen LogP contribution in [0, 0.1) is 5.82 Å². The van der Waals surface area contributed by atoms with Crippen LogP contribution in [0.2, 0.25) is 5.02 Å². The predicted octanol–water partition coefficient (Wildman–Crippen LogP) is 2.91. The summed E-state index contributed by atoms with van der Waals surface area (Å²) in [5.41, 5.74) is 0.540. The second kappa shape index (κ2) is 6.06. The van der Waals surface area contributed by atoms with E-state index in [2.05, 4.69) is 19.2 Å². The average Bonchev–Trinajstić information content (AvgIpc) is 2.21. The van der Waals surface area contributed by atoms with Crippen LogP contribution < -0.4 is 10.2 Å². The highest BCUT2D eigenvalue weighted by molar-refractivity contribution is 6.30. The van der Waals surface area contributed by atoms with E-state index in [1.807, 2.05) is 11.9 Å². The van der Waals surface area contributed by atoms with Gasteiger partial charge in [0.05, 0.1) is 5.69 Å². The normalized spacial score (nSPS) is 10.9. The summed E-state index contributed by atoms with van der Waals surface area (Å²) in [7, 11) is 1.86. The number of anilines is 1. The topological polar surface area (TPSA) is 15.3 Å². The molecule has 0 unspecified atom stereocenters. The van der Waals surface area contributed by atoms with Crippen LogP contribution in [0.4, 0.5) is 10.1 Å². The highest BCUT2D eigenvalue weighted by Crippen LogP contribution is 2.22. The molecule has 0 atom stereocenters. The van der Waals surface area contributed by atoms with Crippen molar-refractivity contribution in [3.8, 4) is 0 Å². The Labute approximate surface area is 101 Å². The first-order valence-electron chi connectivity index (χ1n) is 5.40. The summed E-state index contributed by atoms with van der Waals surface area (Å²) in [6.07, 6.45) is 0. The van der Waals surface area contributed by atoms with Crippen LogP contribution in [0.3, 0.4) is 0 Å². The van der Waals surface area contributed by atoms with Crippen LogP contribution in [0.5, 0.6) is 0 Å². The summed E-state index contributed by atoms with van der Waals surface area (Å²) < 4.78 is 13.5. The number of hydrogen-bond donors (Lipinski definition) is 1. The molecule has 1 aromatic carbocycles. The van der Waals surface area contributed by atoms with Gasteiger partial charge in [-0.25, -0.2) is 4.39 Å². The molecule has 0 radical (unpaired) electrons. The molecule has 1 aromatic rings. The number of halogens is 2. The van der Waals surface area contributed by atoms with E-state index >= 15 is 0 Å². The van der Waals surface area contributed by atoms with Crippen molar-refractivity contribution < 1.29 is 4.39 Å². The van der Waals surface area contributed by atoms with E-state index in [0.717, 1.165) is 13.1 Å². The molecular formula is C12H18ClFN2. The fourth-order valence-electron chi connectivity index (χ4n) is 1.42. The number of likely N-dealkylation sites (N-methyl/N-ethyl adjacent to an activating group) is 1. The lowest BCUT2D eigenvalue weighted by atomic mass is 10.3.